The Labute approximate surface area is 80.5 Å². The molecule has 4 bridgehead atoms. The lowest BCUT2D eigenvalue weighted by atomic mass is 9.66. The summed E-state index contributed by atoms with van der Waals surface area (Å²) in [5.41, 5.74) is -0.109. The van der Waals surface area contributed by atoms with Crippen molar-refractivity contribution >= 4 is 0 Å². The maximum atomic E-state index is 10.3. The van der Waals surface area contributed by atoms with Crippen LogP contribution in [-0.2, 0) is 0 Å². The Bertz CT molecular complexity index is 224. The van der Waals surface area contributed by atoms with Crippen LogP contribution in [0.25, 0.3) is 0 Å². The smallest absolute Gasteiger partial charge is 0.0650 e. The van der Waals surface area contributed by atoms with Crippen LogP contribution in [0.5, 0.6) is 0 Å². The zero-order valence-electron chi connectivity index (χ0n) is 8.71. The van der Waals surface area contributed by atoms with Crippen molar-refractivity contribution in [3.8, 4) is 0 Å². The molecule has 1 N–H and O–H groups in total. The van der Waals surface area contributed by atoms with Crippen LogP contribution in [0, 0.1) is 23.2 Å². The van der Waals surface area contributed by atoms with Crippen molar-refractivity contribution in [3.63, 3.8) is 0 Å². The predicted molar refractivity (Wildman–Crippen MR) is 52.3 cm³/mol. The first-order valence-corrected chi connectivity index (χ1v) is 5.74. The van der Waals surface area contributed by atoms with Gasteiger partial charge in [-0.05, 0) is 63.7 Å². The number of aliphatic hydroxyl groups is 1. The normalized spacial score (nSPS) is 53.3. The van der Waals surface area contributed by atoms with E-state index in [0.717, 1.165) is 17.8 Å². The molecule has 4 aliphatic rings. The molecule has 0 saturated heterocycles. The maximum Gasteiger partial charge on any atom is 0.0650 e. The van der Waals surface area contributed by atoms with Crippen LogP contribution in [0.4, 0.5) is 0 Å². The Kier molecular flexibility index (Phi) is 1.36. The highest BCUT2D eigenvalue weighted by molar-refractivity contribution is 5.12. The van der Waals surface area contributed by atoms with Crippen molar-refractivity contribution in [2.24, 2.45) is 23.2 Å². The van der Waals surface area contributed by atoms with Gasteiger partial charge < -0.3 is 5.11 Å². The molecule has 1 heteroatoms. The summed E-state index contributed by atoms with van der Waals surface area (Å²) in [6.45, 7) is 4.08. The lowest BCUT2D eigenvalue weighted by Gasteiger charge is -2.43. The van der Waals surface area contributed by atoms with Crippen LogP contribution in [0.3, 0.4) is 0 Å². The van der Waals surface area contributed by atoms with Crippen LogP contribution in [0.2, 0.25) is 0 Å². The summed E-state index contributed by atoms with van der Waals surface area (Å²) in [6, 6.07) is 0. The Morgan fingerprint density at radius 3 is 2.00 bits per heavy atom. The van der Waals surface area contributed by atoms with E-state index in [-0.39, 0.29) is 0 Å². The highest BCUT2D eigenvalue weighted by Gasteiger charge is 2.62. The van der Waals surface area contributed by atoms with Crippen molar-refractivity contribution < 1.29 is 5.11 Å². The molecule has 74 valence electrons. The highest BCUT2D eigenvalue weighted by atomic mass is 16.3. The lowest BCUT2D eigenvalue weighted by Crippen LogP contribution is -2.44. The van der Waals surface area contributed by atoms with Crippen molar-refractivity contribution in [1.29, 1.82) is 0 Å². The Balaban J connectivity index is 2.01. The first kappa shape index (κ1) is 8.28. The quantitative estimate of drug-likeness (QED) is 0.657. The molecule has 2 atom stereocenters. The molecular weight excluding hydrogens is 160 g/mol. The minimum absolute atomic E-state index is 0.320. The van der Waals surface area contributed by atoms with Gasteiger partial charge in [-0.25, -0.2) is 0 Å². The molecule has 4 saturated carbocycles. The SMILES string of the molecule is CC(C)(O)C12CC3CC(CC1C3)C2. The maximum absolute atomic E-state index is 10.3. The molecule has 4 rings (SSSR count). The Morgan fingerprint density at radius 2 is 1.62 bits per heavy atom. The van der Waals surface area contributed by atoms with Crippen molar-refractivity contribution in [3.05, 3.63) is 0 Å². The average Bonchev–Trinajstić information content (AvgIpc) is 2.35. The zero-order valence-corrected chi connectivity index (χ0v) is 8.71. The van der Waals surface area contributed by atoms with Gasteiger partial charge in [0.25, 0.3) is 0 Å². The van der Waals surface area contributed by atoms with Crippen LogP contribution in [0.1, 0.15) is 46.0 Å². The molecule has 0 aromatic rings. The van der Waals surface area contributed by atoms with E-state index in [1.54, 1.807) is 0 Å². The minimum atomic E-state index is -0.429. The first-order chi connectivity index (χ1) is 6.01. The molecule has 0 heterocycles. The average molecular weight is 180 g/mol. The van der Waals surface area contributed by atoms with E-state index < -0.39 is 5.60 Å². The summed E-state index contributed by atoms with van der Waals surface area (Å²) < 4.78 is 0. The highest BCUT2D eigenvalue weighted by Crippen LogP contribution is 2.68. The summed E-state index contributed by atoms with van der Waals surface area (Å²) in [6.07, 6.45) is 6.94. The molecule has 0 radical (unpaired) electrons. The molecule has 0 aliphatic heterocycles. The number of hydrogen-bond donors (Lipinski definition) is 1. The second-order valence-corrected chi connectivity index (χ2v) is 6.26. The van der Waals surface area contributed by atoms with E-state index >= 15 is 0 Å². The third-order valence-electron chi connectivity index (χ3n) is 5.21. The van der Waals surface area contributed by atoms with Crippen molar-refractivity contribution in [2.45, 2.75) is 51.6 Å². The van der Waals surface area contributed by atoms with E-state index in [0.29, 0.717) is 5.41 Å². The van der Waals surface area contributed by atoms with Gasteiger partial charge in [0.05, 0.1) is 5.60 Å². The van der Waals surface area contributed by atoms with Crippen LogP contribution in [-0.4, -0.2) is 10.7 Å². The zero-order chi connectivity index (χ0) is 9.27. The lowest BCUT2D eigenvalue weighted by molar-refractivity contribution is -0.0744. The first-order valence-electron chi connectivity index (χ1n) is 5.74. The molecular formula is C12H20O. The van der Waals surface area contributed by atoms with E-state index in [1.807, 2.05) is 13.8 Å². The standard InChI is InChI=1S/C12H20O/c1-11(2,13)12-6-8-3-9(7-12)5-10(12)4-8/h8-10,13H,3-7H2,1-2H3. The molecule has 0 aromatic heterocycles. The van der Waals surface area contributed by atoms with Gasteiger partial charge in [-0.15, -0.1) is 0 Å². The van der Waals surface area contributed by atoms with Gasteiger partial charge in [-0.3, -0.25) is 0 Å². The molecule has 0 spiro atoms. The summed E-state index contributed by atoms with van der Waals surface area (Å²) >= 11 is 0. The van der Waals surface area contributed by atoms with Crippen LogP contribution >= 0.6 is 0 Å². The number of rotatable bonds is 1. The van der Waals surface area contributed by atoms with Gasteiger partial charge >= 0.3 is 0 Å². The van der Waals surface area contributed by atoms with E-state index in [1.165, 1.54) is 32.1 Å². The van der Waals surface area contributed by atoms with Crippen LogP contribution < -0.4 is 0 Å². The monoisotopic (exact) mass is 180 g/mol. The molecule has 1 nitrogen and oxygen atoms in total. The second kappa shape index (κ2) is 2.13. The fourth-order valence-electron chi connectivity index (χ4n) is 4.80. The Morgan fingerprint density at radius 1 is 1.08 bits per heavy atom. The van der Waals surface area contributed by atoms with Gasteiger partial charge in [-0.1, -0.05) is 0 Å². The van der Waals surface area contributed by atoms with Gasteiger partial charge in [0, 0.05) is 5.41 Å². The summed E-state index contributed by atoms with van der Waals surface area (Å²) in [7, 11) is 0. The van der Waals surface area contributed by atoms with E-state index in [9.17, 15) is 5.11 Å². The molecule has 4 fully saturated rings. The summed E-state index contributed by atoms with van der Waals surface area (Å²) in [5, 5.41) is 10.3. The summed E-state index contributed by atoms with van der Waals surface area (Å²) in [4.78, 5) is 0. The van der Waals surface area contributed by atoms with E-state index in [4.69, 9.17) is 0 Å². The number of hydrogen-bond acceptors (Lipinski definition) is 1. The molecule has 2 unspecified atom stereocenters. The largest absolute Gasteiger partial charge is 0.390 e. The predicted octanol–water partition coefficient (Wildman–Crippen LogP) is 2.58. The molecule has 13 heavy (non-hydrogen) atoms. The minimum Gasteiger partial charge on any atom is -0.390 e. The Hall–Kier alpha value is -0.0400. The van der Waals surface area contributed by atoms with Gasteiger partial charge in [0.2, 0.25) is 0 Å². The van der Waals surface area contributed by atoms with E-state index in [2.05, 4.69) is 0 Å². The van der Waals surface area contributed by atoms with Crippen LogP contribution in [0.15, 0.2) is 0 Å². The van der Waals surface area contributed by atoms with Gasteiger partial charge in [0.15, 0.2) is 0 Å². The third kappa shape index (κ3) is 0.869. The van der Waals surface area contributed by atoms with Crippen molar-refractivity contribution in [2.75, 3.05) is 0 Å². The molecule has 0 aromatic carbocycles. The second-order valence-electron chi connectivity index (χ2n) is 6.26. The van der Waals surface area contributed by atoms with Gasteiger partial charge in [-0.2, -0.15) is 0 Å². The topological polar surface area (TPSA) is 20.2 Å². The van der Waals surface area contributed by atoms with Gasteiger partial charge in [0.1, 0.15) is 0 Å². The summed E-state index contributed by atoms with van der Waals surface area (Å²) in [5.74, 6) is 2.78. The molecule has 0 amide bonds. The van der Waals surface area contributed by atoms with Crippen molar-refractivity contribution in [1.82, 2.24) is 0 Å². The molecule has 4 aliphatic carbocycles. The fourth-order valence-corrected chi connectivity index (χ4v) is 4.80. The fraction of sp³-hybridized carbons (Fsp3) is 1.00. The third-order valence-corrected chi connectivity index (χ3v) is 5.21.